The van der Waals surface area contributed by atoms with Crippen molar-refractivity contribution in [3.63, 3.8) is 0 Å². The van der Waals surface area contributed by atoms with Crippen LogP contribution in [0.1, 0.15) is 16.7 Å². The maximum absolute atomic E-state index is 13.5. The van der Waals surface area contributed by atoms with Crippen LogP contribution in [0.25, 0.3) is 6.08 Å². The summed E-state index contributed by atoms with van der Waals surface area (Å²) in [7, 11) is -5.80. The fraction of sp³-hybridized carbons (Fsp3) is 0.111. The monoisotopic (exact) mass is 429 g/mol. The van der Waals surface area contributed by atoms with Crippen LogP contribution < -0.4 is 4.74 Å². The van der Waals surface area contributed by atoms with Crippen molar-refractivity contribution < 1.29 is 40.6 Å². The zero-order chi connectivity index (χ0) is 22.0. The number of halogens is 4. The Hall–Kier alpha value is -3.39. The number of carboxylic acid groups (broad SMARTS) is 1. The van der Waals surface area contributed by atoms with Gasteiger partial charge in [0.25, 0.3) is 9.84 Å². The summed E-state index contributed by atoms with van der Waals surface area (Å²) in [6.07, 6.45) is 1.14. The summed E-state index contributed by atoms with van der Waals surface area (Å²) < 4.78 is 81.5. The highest BCUT2D eigenvalue weighted by atomic mass is 32.2. The first kappa shape index (κ1) is 21.9. The van der Waals surface area contributed by atoms with Crippen molar-refractivity contribution in [3.05, 3.63) is 58.9 Å². The van der Waals surface area contributed by atoms with Gasteiger partial charge in [-0.15, -0.1) is 0 Å². The Bertz CT molecular complexity index is 1150. The van der Waals surface area contributed by atoms with Gasteiger partial charge in [0.15, 0.2) is 0 Å². The van der Waals surface area contributed by atoms with Crippen molar-refractivity contribution >= 4 is 21.9 Å². The van der Waals surface area contributed by atoms with Crippen LogP contribution in [0.4, 0.5) is 17.6 Å². The van der Waals surface area contributed by atoms with Crippen molar-refractivity contribution in [1.29, 1.82) is 5.26 Å². The molecule has 0 atom stereocenters. The number of nitriles is 1. The van der Waals surface area contributed by atoms with Crippen molar-refractivity contribution in [2.24, 2.45) is 0 Å². The number of alkyl halides is 3. The van der Waals surface area contributed by atoms with Crippen LogP contribution >= 0.6 is 0 Å². The molecule has 152 valence electrons. The molecule has 0 aromatic heterocycles. The second kappa shape index (κ2) is 7.92. The van der Waals surface area contributed by atoms with Crippen LogP contribution in [-0.4, -0.2) is 25.0 Å². The summed E-state index contributed by atoms with van der Waals surface area (Å²) >= 11 is 0. The smallest absolute Gasteiger partial charge is 0.478 e. The van der Waals surface area contributed by atoms with Crippen molar-refractivity contribution in [1.82, 2.24) is 0 Å². The largest absolute Gasteiger partial charge is 0.501 e. The number of hydrogen-bond donors (Lipinski definition) is 1. The molecule has 2 aromatic carbocycles. The lowest BCUT2D eigenvalue weighted by Crippen LogP contribution is -2.24. The highest BCUT2D eigenvalue weighted by Crippen LogP contribution is 2.38. The molecule has 0 fully saturated rings. The minimum atomic E-state index is -5.80. The van der Waals surface area contributed by atoms with Gasteiger partial charge in [-0.2, -0.15) is 18.4 Å². The third-order valence-electron chi connectivity index (χ3n) is 3.70. The molecule has 0 saturated carbocycles. The van der Waals surface area contributed by atoms with Gasteiger partial charge in [-0.1, -0.05) is 0 Å². The maximum Gasteiger partial charge on any atom is 0.501 e. The van der Waals surface area contributed by atoms with E-state index in [1.165, 1.54) is 6.92 Å². The molecule has 1 N–H and O–H groups in total. The molecule has 0 aliphatic heterocycles. The Balaban J connectivity index is 2.70. The second-order valence-corrected chi connectivity index (χ2v) is 7.49. The molecule has 0 aliphatic carbocycles. The summed E-state index contributed by atoms with van der Waals surface area (Å²) in [5.41, 5.74) is -6.44. The third kappa shape index (κ3) is 4.55. The SMILES string of the molecule is Cc1c(Oc2cc(F)ccc2C#N)ccc(S(=O)(=O)C(F)(F)F)c1/C=C/C(=O)O. The standard InChI is InChI=1S/C18H11F4NO5S/c1-10-13(4-7-17(24)25)16(29(26,27)18(20,21)22)6-5-14(10)28-15-8-12(19)3-2-11(15)9-23/h2-8H,1H3,(H,24,25)/b7-4+. The summed E-state index contributed by atoms with van der Waals surface area (Å²) in [6, 6.07) is 6.22. The molecular formula is C18H11F4NO5S. The first-order chi connectivity index (χ1) is 13.4. The molecule has 0 radical (unpaired) electrons. The molecule has 0 aliphatic rings. The van der Waals surface area contributed by atoms with Gasteiger partial charge in [-0.05, 0) is 37.3 Å². The van der Waals surface area contributed by atoms with Gasteiger partial charge < -0.3 is 9.84 Å². The predicted octanol–water partition coefficient (Wildman–Crippen LogP) is 4.19. The van der Waals surface area contributed by atoms with Gasteiger partial charge in [0.2, 0.25) is 0 Å². The van der Waals surface area contributed by atoms with E-state index in [0.717, 1.165) is 24.3 Å². The van der Waals surface area contributed by atoms with Crippen LogP contribution in [0.2, 0.25) is 0 Å². The molecule has 2 aromatic rings. The predicted molar refractivity (Wildman–Crippen MR) is 92.3 cm³/mol. The number of ether oxygens (including phenoxy) is 1. The lowest BCUT2D eigenvalue weighted by Gasteiger charge is -2.16. The van der Waals surface area contributed by atoms with Gasteiger partial charge in [0.05, 0.1) is 10.5 Å². The molecule has 2 rings (SSSR count). The normalized spacial score (nSPS) is 12.0. The highest BCUT2D eigenvalue weighted by Gasteiger charge is 2.48. The Morgan fingerprint density at radius 2 is 1.86 bits per heavy atom. The highest BCUT2D eigenvalue weighted by molar-refractivity contribution is 7.92. The zero-order valence-corrected chi connectivity index (χ0v) is 15.3. The number of carboxylic acids is 1. The van der Waals surface area contributed by atoms with E-state index in [0.29, 0.717) is 18.2 Å². The van der Waals surface area contributed by atoms with Gasteiger partial charge in [-0.3, -0.25) is 0 Å². The van der Waals surface area contributed by atoms with E-state index in [9.17, 15) is 30.8 Å². The van der Waals surface area contributed by atoms with Crippen LogP contribution in [0.3, 0.4) is 0 Å². The minimum absolute atomic E-state index is 0.0829. The fourth-order valence-corrected chi connectivity index (χ4v) is 3.31. The Kier molecular flexibility index (Phi) is 5.98. The lowest BCUT2D eigenvalue weighted by atomic mass is 10.1. The summed E-state index contributed by atoms with van der Waals surface area (Å²) in [5.74, 6) is -2.73. The summed E-state index contributed by atoms with van der Waals surface area (Å²) in [6.45, 7) is 1.19. The number of hydrogen-bond acceptors (Lipinski definition) is 5. The van der Waals surface area contributed by atoms with Gasteiger partial charge >= 0.3 is 11.5 Å². The first-order valence-electron chi connectivity index (χ1n) is 7.62. The number of sulfone groups is 1. The van der Waals surface area contributed by atoms with Crippen LogP contribution in [0.15, 0.2) is 41.3 Å². The van der Waals surface area contributed by atoms with E-state index in [4.69, 9.17) is 15.1 Å². The van der Waals surface area contributed by atoms with Gasteiger partial charge in [0.1, 0.15) is 23.4 Å². The van der Waals surface area contributed by atoms with E-state index in [1.54, 1.807) is 6.07 Å². The van der Waals surface area contributed by atoms with E-state index >= 15 is 0 Å². The second-order valence-electron chi connectivity index (χ2n) is 5.58. The average molecular weight is 429 g/mol. The molecule has 0 amide bonds. The molecule has 0 saturated heterocycles. The minimum Gasteiger partial charge on any atom is -0.478 e. The zero-order valence-electron chi connectivity index (χ0n) is 14.5. The van der Waals surface area contributed by atoms with Gasteiger partial charge in [-0.25, -0.2) is 17.6 Å². The van der Waals surface area contributed by atoms with Crippen LogP contribution in [0, 0.1) is 24.1 Å². The first-order valence-corrected chi connectivity index (χ1v) is 9.10. The Morgan fingerprint density at radius 1 is 1.21 bits per heavy atom. The van der Waals surface area contributed by atoms with Crippen molar-refractivity contribution in [2.75, 3.05) is 0 Å². The average Bonchev–Trinajstić information content (AvgIpc) is 2.61. The topological polar surface area (TPSA) is 104 Å². The molecule has 0 unspecified atom stereocenters. The maximum atomic E-state index is 13.5. The molecule has 0 spiro atoms. The molecule has 6 nitrogen and oxygen atoms in total. The molecule has 29 heavy (non-hydrogen) atoms. The number of benzene rings is 2. The molecule has 11 heteroatoms. The lowest BCUT2D eigenvalue weighted by molar-refractivity contribution is -0.131. The third-order valence-corrected chi connectivity index (χ3v) is 5.24. The molecule has 0 heterocycles. The summed E-state index contributed by atoms with van der Waals surface area (Å²) in [4.78, 5) is 9.60. The van der Waals surface area contributed by atoms with Crippen LogP contribution in [0.5, 0.6) is 11.5 Å². The van der Waals surface area contributed by atoms with E-state index < -0.39 is 37.6 Å². The van der Waals surface area contributed by atoms with E-state index in [2.05, 4.69) is 0 Å². The van der Waals surface area contributed by atoms with Crippen molar-refractivity contribution in [2.45, 2.75) is 17.3 Å². The van der Waals surface area contributed by atoms with E-state index in [1.807, 2.05) is 0 Å². The Morgan fingerprint density at radius 3 is 2.41 bits per heavy atom. The molecular weight excluding hydrogens is 418 g/mol. The van der Waals surface area contributed by atoms with E-state index in [-0.39, 0.29) is 22.6 Å². The summed E-state index contributed by atoms with van der Waals surface area (Å²) in [5, 5.41) is 17.8. The molecule has 0 bridgehead atoms. The van der Waals surface area contributed by atoms with Crippen molar-refractivity contribution in [3.8, 4) is 17.6 Å². The quantitative estimate of drug-likeness (QED) is 0.565. The number of aliphatic carboxylic acids is 1. The number of carbonyl (C=O) groups is 1. The Labute approximate surface area is 162 Å². The number of nitrogens with zero attached hydrogens (tertiary/aromatic N) is 1. The number of rotatable bonds is 5. The fourth-order valence-electron chi connectivity index (χ4n) is 2.31. The van der Waals surface area contributed by atoms with Gasteiger partial charge in [0, 0.05) is 23.3 Å². The van der Waals surface area contributed by atoms with Crippen LogP contribution in [-0.2, 0) is 14.6 Å².